The number of ketones is 1. The Labute approximate surface area is 184 Å². The third-order valence-electron chi connectivity index (χ3n) is 5.79. The standard InChI is InChI=1S/C26H20N2O4/c29-24-21-13-5-7-16(23(21)28-25(24)30)8-6-14-27-26(31)32-15-22-19-11-3-1-9-17(19)18-10-2-4-12-20(18)22/h1-13,22H,14-15H2,(H,27,31)(H,28,29,30). The number of nitrogens with one attached hydrogen (secondary N) is 2. The third kappa shape index (κ3) is 3.46. The minimum absolute atomic E-state index is 0.0109. The molecule has 0 saturated carbocycles. The average molecular weight is 424 g/mol. The van der Waals surface area contributed by atoms with Gasteiger partial charge < -0.3 is 15.4 Å². The molecule has 6 heteroatoms. The Morgan fingerprint density at radius 1 is 0.906 bits per heavy atom. The zero-order chi connectivity index (χ0) is 22.1. The lowest BCUT2D eigenvalue weighted by molar-refractivity contribution is -0.112. The Kier molecular flexibility index (Phi) is 5.03. The summed E-state index contributed by atoms with van der Waals surface area (Å²) in [4.78, 5) is 35.6. The van der Waals surface area contributed by atoms with E-state index in [0.717, 1.165) is 11.1 Å². The molecular formula is C26H20N2O4. The zero-order valence-corrected chi connectivity index (χ0v) is 17.1. The summed E-state index contributed by atoms with van der Waals surface area (Å²) >= 11 is 0. The van der Waals surface area contributed by atoms with Gasteiger partial charge in [0.2, 0.25) is 0 Å². The summed E-state index contributed by atoms with van der Waals surface area (Å²) in [5, 5.41) is 5.29. The van der Waals surface area contributed by atoms with Crippen molar-refractivity contribution in [2.75, 3.05) is 18.5 Å². The molecule has 158 valence electrons. The van der Waals surface area contributed by atoms with Crippen molar-refractivity contribution in [2.24, 2.45) is 0 Å². The second-order valence-corrected chi connectivity index (χ2v) is 7.66. The predicted octanol–water partition coefficient (Wildman–Crippen LogP) is 4.37. The average Bonchev–Trinajstić information content (AvgIpc) is 3.30. The van der Waals surface area contributed by atoms with Crippen LogP contribution in [0.1, 0.15) is 33.0 Å². The van der Waals surface area contributed by atoms with Crippen molar-refractivity contribution in [3.8, 4) is 11.1 Å². The molecule has 2 aliphatic rings. The fourth-order valence-corrected chi connectivity index (χ4v) is 4.31. The quantitative estimate of drug-likeness (QED) is 0.596. The molecule has 1 aliphatic heterocycles. The Morgan fingerprint density at radius 2 is 1.56 bits per heavy atom. The third-order valence-corrected chi connectivity index (χ3v) is 5.79. The lowest BCUT2D eigenvalue weighted by atomic mass is 9.98. The molecule has 3 aromatic rings. The van der Waals surface area contributed by atoms with Crippen molar-refractivity contribution in [2.45, 2.75) is 5.92 Å². The van der Waals surface area contributed by atoms with Crippen LogP contribution in [0, 0.1) is 0 Å². The number of hydrogen-bond donors (Lipinski definition) is 2. The highest BCUT2D eigenvalue weighted by Crippen LogP contribution is 2.44. The largest absolute Gasteiger partial charge is 0.449 e. The molecule has 32 heavy (non-hydrogen) atoms. The summed E-state index contributed by atoms with van der Waals surface area (Å²) in [7, 11) is 0. The Bertz CT molecular complexity index is 1230. The number of Topliss-reactive ketones (excluding diaryl/α,β-unsaturated/α-hetero) is 1. The van der Waals surface area contributed by atoms with E-state index in [1.807, 2.05) is 24.3 Å². The monoisotopic (exact) mass is 424 g/mol. The maximum absolute atomic E-state index is 12.2. The molecule has 2 N–H and O–H groups in total. The molecule has 0 saturated heterocycles. The molecule has 0 aromatic heterocycles. The first-order valence-corrected chi connectivity index (χ1v) is 10.4. The van der Waals surface area contributed by atoms with E-state index in [4.69, 9.17) is 4.74 Å². The molecule has 2 amide bonds. The van der Waals surface area contributed by atoms with E-state index in [2.05, 4.69) is 34.9 Å². The van der Waals surface area contributed by atoms with Gasteiger partial charge in [0, 0.05) is 12.5 Å². The van der Waals surface area contributed by atoms with Gasteiger partial charge >= 0.3 is 6.09 Å². The van der Waals surface area contributed by atoms with Crippen molar-refractivity contribution in [1.29, 1.82) is 0 Å². The van der Waals surface area contributed by atoms with Crippen LogP contribution >= 0.6 is 0 Å². The van der Waals surface area contributed by atoms with Gasteiger partial charge in [-0.25, -0.2) is 4.79 Å². The summed E-state index contributed by atoms with van der Waals surface area (Å²) in [6.45, 7) is 0.506. The smallest absolute Gasteiger partial charge is 0.407 e. The summed E-state index contributed by atoms with van der Waals surface area (Å²) in [5.41, 5.74) is 6.26. The second-order valence-electron chi connectivity index (χ2n) is 7.66. The van der Waals surface area contributed by atoms with E-state index < -0.39 is 17.8 Å². The molecule has 6 nitrogen and oxygen atoms in total. The predicted molar refractivity (Wildman–Crippen MR) is 122 cm³/mol. The van der Waals surface area contributed by atoms with E-state index in [0.29, 0.717) is 16.8 Å². The highest BCUT2D eigenvalue weighted by Gasteiger charge is 2.30. The molecule has 0 atom stereocenters. The first-order chi connectivity index (χ1) is 15.6. The fourth-order valence-electron chi connectivity index (χ4n) is 4.31. The first kappa shape index (κ1) is 19.8. The van der Waals surface area contributed by atoms with Crippen LogP contribution in [0.3, 0.4) is 0 Å². The molecule has 0 fully saturated rings. The number of para-hydroxylation sites is 1. The van der Waals surface area contributed by atoms with Crippen LogP contribution in [0.15, 0.2) is 72.8 Å². The molecule has 1 heterocycles. The summed E-state index contributed by atoms with van der Waals surface area (Å²) in [6.07, 6.45) is 2.99. The van der Waals surface area contributed by atoms with Gasteiger partial charge in [0.1, 0.15) is 6.61 Å². The van der Waals surface area contributed by atoms with Gasteiger partial charge in [-0.05, 0) is 33.9 Å². The van der Waals surface area contributed by atoms with Crippen molar-refractivity contribution < 1.29 is 19.1 Å². The van der Waals surface area contributed by atoms with Crippen molar-refractivity contribution in [3.63, 3.8) is 0 Å². The highest BCUT2D eigenvalue weighted by molar-refractivity contribution is 6.52. The van der Waals surface area contributed by atoms with Crippen molar-refractivity contribution >= 4 is 29.5 Å². The molecule has 3 aromatic carbocycles. The van der Waals surface area contributed by atoms with Gasteiger partial charge in [-0.2, -0.15) is 0 Å². The lowest BCUT2D eigenvalue weighted by Gasteiger charge is -2.14. The number of fused-ring (bicyclic) bond motifs is 4. The van der Waals surface area contributed by atoms with E-state index in [-0.39, 0.29) is 19.1 Å². The van der Waals surface area contributed by atoms with Gasteiger partial charge in [-0.1, -0.05) is 72.8 Å². The minimum Gasteiger partial charge on any atom is -0.449 e. The number of amides is 2. The van der Waals surface area contributed by atoms with E-state index in [1.54, 1.807) is 30.4 Å². The molecule has 5 rings (SSSR count). The summed E-state index contributed by atoms with van der Waals surface area (Å²) in [5.74, 6) is -1.15. The fraction of sp³-hybridized carbons (Fsp3) is 0.115. The lowest BCUT2D eigenvalue weighted by Crippen LogP contribution is -2.26. The topological polar surface area (TPSA) is 84.5 Å². The van der Waals surface area contributed by atoms with Crippen LogP contribution in [0.5, 0.6) is 0 Å². The van der Waals surface area contributed by atoms with E-state index in [1.165, 1.54) is 11.1 Å². The van der Waals surface area contributed by atoms with Crippen LogP contribution in [-0.4, -0.2) is 30.9 Å². The van der Waals surface area contributed by atoms with Crippen molar-refractivity contribution in [3.05, 3.63) is 95.1 Å². The maximum Gasteiger partial charge on any atom is 0.407 e. The number of carbonyl (C=O) groups excluding carboxylic acids is 3. The van der Waals surface area contributed by atoms with Gasteiger partial charge in [0.15, 0.2) is 0 Å². The second kappa shape index (κ2) is 8.15. The van der Waals surface area contributed by atoms with Crippen molar-refractivity contribution in [1.82, 2.24) is 5.32 Å². The molecule has 0 spiro atoms. The van der Waals surface area contributed by atoms with Gasteiger partial charge in [0.25, 0.3) is 11.7 Å². The van der Waals surface area contributed by atoms with Gasteiger partial charge in [0.05, 0.1) is 11.3 Å². The number of ether oxygens (including phenoxy) is 1. The SMILES string of the molecule is O=C(NCC=Cc1cccc2c1NC(=O)C2=O)OCC1c2ccccc2-c2ccccc21. The van der Waals surface area contributed by atoms with E-state index in [9.17, 15) is 14.4 Å². The van der Waals surface area contributed by atoms with E-state index >= 15 is 0 Å². The summed E-state index contributed by atoms with van der Waals surface area (Å²) in [6, 6.07) is 21.5. The molecule has 0 bridgehead atoms. The van der Waals surface area contributed by atoms with Gasteiger partial charge in [-0.3, -0.25) is 9.59 Å². The number of rotatable bonds is 5. The number of benzene rings is 3. The molecule has 1 aliphatic carbocycles. The normalized spacial score (nSPS) is 14.1. The number of anilines is 1. The Balaban J connectivity index is 1.19. The Hall–Kier alpha value is -4.19. The first-order valence-electron chi connectivity index (χ1n) is 10.4. The number of alkyl carbamates (subject to hydrolysis) is 1. The molecule has 0 unspecified atom stereocenters. The number of carbonyl (C=O) groups is 3. The maximum atomic E-state index is 12.2. The van der Waals surface area contributed by atoms with Crippen LogP contribution in [0.2, 0.25) is 0 Å². The van der Waals surface area contributed by atoms with Crippen LogP contribution < -0.4 is 10.6 Å². The van der Waals surface area contributed by atoms with Crippen LogP contribution in [-0.2, 0) is 9.53 Å². The molecule has 0 radical (unpaired) electrons. The zero-order valence-electron chi connectivity index (χ0n) is 17.1. The van der Waals surface area contributed by atoms with Crippen LogP contribution in [0.25, 0.3) is 17.2 Å². The molecular weight excluding hydrogens is 404 g/mol. The highest BCUT2D eigenvalue weighted by atomic mass is 16.5. The minimum atomic E-state index is -0.627. The summed E-state index contributed by atoms with van der Waals surface area (Å²) < 4.78 is 5.51. The van der Waals surface area contributed by atoms with Crippen LogP contribution in [0.4, 0.5) is 10.5 Å². The number of hydrogen-bond acceptors (Lipinski definition) is 4. The Morgan fingerprint density at radius 3 is 2.28 bits per heavy atom. The van der Waals surface area contributed by atoms with Gasteiger partial charge in [-0.15, -0.1) is 0 Å².